The van der Waals surface area contributed by atoms with Gasteiger partial charge in [0.25, 0.3) is 5.91 Å². The Morgan fingerprint density at radius 3 is 2.66 bits per heavy atom. The average Bonchev–Trinajstić information content (AvgIpc) is 3.40. The fourth-order valence-corrected chi connectivity index (χ4v) is 4.76. The lowest BCUT2D eigenvalue weighted by atomic mass is 9.84. The normalized spacial score (nSPS) is 16.2. The van der Waals surface area contributed by atoms with Gasteiger partial charge in [0, 0.05) is 38.4 Å². The van der Waals surface area contributed by atoms with Crippen molar-refractivity contribution in [3.8, 4) is 0 Å². The Morgan fingerprint density at radius 2 is 2.03 bits per heavy atom. The summed E-state index contributed by atoms with van der Waals surface area (Å²) in [6.07, 6.45) is 7.92. The number of carbonyl (C=O) groups is 1. The number of aromatic nitrogens is 2. The third-order valence-corrected chi connectivity index (χ3v) is 6.63. The van der Waals surface area contributed by atoms with Crippen molar-refractivity contribution < 1.29 is 13.6 Å². The van der Waals surface area contributed by atoms with Crippen LogP contribution < -0.4 is 0 Å². The molecule has 1 aliphatic heterocycles. The van der Waals surface area contributed by atoms with E-state index in [1.165, 1.54) is 11.6 Å². The summed E-state index contributed by atoms with van der Waals surface area (Å²) >= 11 is 0. The SMILES string of the molecule is Cc1occc1C(=O)N(C)C(Cc1ccccc1F)C1CCN(Cc2cnn(C)c2)CC1. The monoisotopic (exact) mass is 438 g/mol. The number of furan rings is 1. The summed E-state index contributed by atoms with van der Waals surface area (Å²) < 4.78 is 21.7. The summed E-state index contributed by atoms with van der Waals surface area (Å²) in [5, 5.41) is 4.26. The molecule has 0 spiro atoms. The third kappa shape index (κ3) is 4.93. The molecule has 3 heterocycles. The standard InChI is InChI=1S/C25H31FN4O2/c1-18-22(10-13-32-18)25(31)29(3)24(14-21-6-4-5-7-23(21)26)20-8-11-30(12-9-20)17-19-15-27-28(2)16-19/h4-7,10,13,15-16,20,24H,8-9,11-12,14,17H2,1-3H3. The van der Waals surface area contributed by atoms with Crippen molar-refractivity contribution >= 4 is 5.91 Å². The molecule has 1 amide bonds. The third-order valence-electron chi connectivity index (χ3n) is 6.63. The lowest BCUT2D eigenvalue weighted by molar-refractivity contribution is 0.0581. The van der Waals surface area contributed by atoms with Crippen LogP contribution in [-0.4, -0.2) is 51.7 Å². The number of aryl methyl sites for hydroxylation is 2. The van der Waals surface area contributed by atoms with Crippen LogP contribution in [0, 0.1) is 18.7 Å². The number of hydrogen-bond donors (Lipinski definition) is 0. The van der Waals surface area contributed by atoms with Gasteiger partial charge in [0.05, 0.1) is 18.0 Å². The maximum Gasteiger partial charge on any atom is 0.257 e. The van der Waals surface area contributed by atoms with Gasteiger partial charge in [-0.15, -0.1) is 0 Å². The number of rotatable bonds is 7. The van der Waals surface area contributed by atoms with Crippen LogP contribution in [0.2, 0.25) is 0 Å². The summed E-state index contributed by atoms with van der Waals surface area (Å²) in [4.78, 5) is 17.5. The molecular formula is C25H31FN4O2. The zero-order chi connectivity index (χ0) is 22.7. The molecule has 0 bridgehead atoms. The summed E-state index contributed by atoms with van der Waals surface area (Å²) in [5.41, 5.74) is 2.43. The van der Waals surface area contributed by atoms with E-state index < -0.39 is 0 Å². The molecule has 1 unspecified atom stereocenters. The Bertz CT molecular complexity index is 1050. The van der Waals surface area contributed by atoms with Crippen LogP contribution in [0.3, 0.4) is 0 Å². The number of hydrogen-bond acceptors (Lipinski definition) is 4. The predicted octanol–water partition coefficient (Wildman–Crippen LogP) is 4.06. The number of amides is 1. The van der Waals surface area contributed by atoms with Crippen LogP contribution in [0.25, 0.3) is 0 Å². The molecule has 7 heteroatoms. The van der Waals surface area contributed by atoms with Crippen molar-refractivity contribution in [3.63, 3.8) is 0 Å². The molecule has 1 saturated heterocycles. The average molecular weight is 439 g/mol. The lowest BCUT2D eigenvalue weighted by Crippen LogP contribution is -2.47. The van der Waals surface area contributed by atoms with E-state index in [4.69, 9.17) is 4.42 Å². The summed E-state index contributed by atoms with van der Waals surface area (Å²) in [6, 6.07) is 8.49. The Balaban J connectivity index is 1.49. The number of likely N-dealkylation sites (N-methyl/N-ethyl adjacent to an activating group) is 1. The topological polar surface area (TPSA) is 54.5 Å². The first kappa shape index (κ1) is 22.3. The molecule has 1 aliphatic rings. The molecule has 4 rings (SSSR count). The highest BCUT2D eigenvalue weighted by Crippen LogP contribution is 2.29. The molecule has 1 fully saturated rings. The first-order chi connectivity index (χ1) is 15.4. The summed E-state index contributed by atoms with van der Waals surface area (Å²) in [7, 11) is 3.76. The second kappa shape index (κ2) is 9.69. The maximum atomic E-state index is 14.5. The van der Waals surface area contributed by atoms with E-state index in [-0.39, 0.29) is 17.8 Å². The number of halogens is 1. The minimum Gasteiger partial charge on any atom is -0.469 e. The Labute approximate surface area is 188 Å². The molecular weight excluding hydrogens is 407 g/mol. The Morgan fingerprint density at radius 1 is 1.28 bits per heavy atom. The van der Waals surface area contributed by atoms with Gasteiger partial charge in [-0.3, -0.25) is 14.4 Å². The van der Waals surface area contributed by atoms with Crippen molar-refractivity contribution in [2.45, 2.75) is 38.8 Å². The second-order valence-corrected chi connectivity index (χ2v) is 8.81. The van der Waals surface area contributed by atoms with E-state index in [1.54, 1.807) is 30.2 Å². The highest BCUT2D eigenvalue weighted by Gasteiger charge is 2.33. The minimum atomic E-state index is -0.216. The molecule has 2 aromatic heterocycles. The number of likely N-dealkylation sites (tertiary alicyclic amines) is 1. The molecule has 1 atom stereocenters. The van der Waals surface area contributed by atoms with E-state index in [9.17, 15) is 9.18 Å². The van der Waals surface area contributed by atoms with Crippen LogP contribution in [0.15, 0.2) is 53.4 Å². The number of benzene rings is 1. The fourth-order valence-electron chi connectivity index (χ4n) is 4.76. The van der Waals surface area contributed by atoms with Crippen LogP contribution in [-0.2, 0) is 20.0 Å². The Kier molecular flexibility index (Phi) is 6.74. The lowest BCUT2D eigenvalue weighted by Gasteiger charge is -2.40. The van der Waals surface area contributed by atoms with E-state index in [2.05, 4.69) is 10.00 Å². The molecule has 0 saturated carbocycles. The molecule has 3 aromatic rings. The predicted molar refractivity (Wildman–Crippen MR) is 121 cm³/mol. The van der Waals surface area contributed by atoms with E-state index in [1.807, 2.05) is 43.3 Å². The van der Waals surface area contributed by atoms with E-state index >= 15 is 0 Å². The smallest absolute Gasteiger partial charge is 0.257 e. The van der Waals surface area contributed by atoms with Gasteiger partial charge >= 0.3 is 0 Å². The zero-order valence-electron chi connectivity index (χ0n) is 19.0. The van der Waals surface area contributed by atoms with Crippen molar-refractivity contribution in [2.24, 2.45) is 13.0 Å². The van der Waals surface area contributed by atoms with Crippen LogP contribution in [0.4, 0.5) is 4.39 Å². The minimum absolute atomic E-state index is 0.0737. The highest BCUT2D eigenvalue weighted by atomic mass is 19.1. The van der Waals surface area contributed by atoms with Gasteiger partial charge in [0.1, 0.15) is 11.6 Å². The van der Waals surface area contributed by atoms with Crippen LogP contribution >= 0.6 is 0 Å². The van der Waals surface area contributed by atoms with Crippen molar-refractivity contribution in [3.05, 3.63) is 77.3 Å². The molecule has 32 heavy (non-hydrogen) atoms. The highest BCUT2D eigenvalue weighted by molar-refractivity contribution is 5.95. The van der Waals surface area contributed by atoms with Gasteiger partial charge in [0.15, 0.2) is 0 Å². The van der Waals surface area contributed by atoms with Gasteiger partial charge in [-0.05, 0) is 62.9 Å². The second-order valence-electron chi connectivity index (χ2n) is 8.81. The van der Waals surface area contributed by atoms with Crippen molar-refractivity contribution in [2.75, 3.05) is 20.1 Å². The molecule has 0 radical (unpaired) electrons. The Hall–Kier alpha value is -2.93. The summed E-state index contributed by atoms with van der Waals surface area (Å²) in [5.74, 6) is 0.612. The van der Waals surface area contributed by atoms with Gasteiger partial charge in [-0.25, -0.2) is 4.39 Å². The summed E-state index contributed by atoms with van der Waals surface area (Å²) in [6.45, 7) is 4.56. The molecule has 0 aliphatic carbocycles. The molecule has 6 nitrogen and oxygen atoms in total. The van der Waals surface area contributed by atoms with Gasteiger partial charge in [-0.2, -0.15) is 5.10 Å². The van der Waals surface area contributed by atoms with Gasteiger partial charge in [0.2, 0.25) is 0 Å². The first-order valence-corrected chi connectivity index (χ1v) is 11.2. The quantitative estimate of drug-likeness (QED) is 0.558. The van der Waals surface area contributed by atoms with Crippen LogP contribution in [0.1, 0.15) is 40.1 Å². The fraction of sp³-hybridized carbons (Fsp3) is 0.440. The largest absolute Gasteiger partial charge is 0.469 e. The van der Waals surface area contributed by atoms with Gasteiger partial charge < -0.3 is 9.32 Å². The van der Waals surface area contributed by atoms with Gasteiger partial charge in [-0.1, -0.05) is 18.2 Å². The van der Waals surface area contributed by atoms with Crippen molar-refractivity contribution in [1.82, 2.24) is 19.6 Å². The van der Waals surface area contributed by atoms with Crippen LogP contribution in [0.5, 0.6) is 0 Å². The van der Waals surface area contributed by atoms with Crippen molar-refractivity contribution in [1.29, 1.82) is 0 Å². The number of nitrogens with zero attached hydrogens (tertiary/aromatic N) is 4. The number of carbonyl (C=O) groups excluding carboxylic acids is 1. The molecule has 170 valence electrons. The first-order valence-electron chi connectivity index (χ1n) is 11.2. The van der Waals surface area contributed by atoms with E-state index in [0.717, 1.165) is 32.5 Å². The van der Waals surface area contributed by atoms with E-state index in [0.29, 0.717) is 29.2 Å². The molecule has 1 aromatic carbocycles. The number of piperidine rings is 1. The maximum absolute atomic E-state index is 14.5. The molecule has 0 N–H and O–H groups in total. The zero-order valence-corrected chi connectivity index (χ0v) is 19.0.